The van der Waals surface area contributed by atoms with Crippen molar-refractivity contribution in [2.75, 3.05) is 7.11 Å². The minimum absolute atomic E-state index is 0.0765. The number of hydrogen-bond donors (Lipinski definition) is 0. The largest absolute Gasteiger partial charge is 0.466 e. The summed E-state index contributed by atoms with van der Waals surface area (Å²) < 4.78 is 18.5. The fraction of sp³-hybridized carbons (Fsp3) is 0.500. The van der Waals surface area contributed by atoms with Crippen molar-refractivity contribution in [2.24, 2.45) is 10.9 Å². The number of aliphatic imine (C=N–C) groups is 1. The van der Waals surface area contributed by atoms with Crippen molar-refractivity contribution in [2.45, 2.75) is 51.4 Å². The summed E-state index contributed by atoms with van der Waals surface area (Å²) >= 11 is 0. The molecule has 2 unspecified atom stereocenters. The number of hydrogen-bond acceptors (Lipinski definition) is 3. The van der Waals surface area contributed by atoms with E-state index in [0.717, 1.165) is 49.8 Å². The highest BCUT2D eigenvalue weighted by Gasteiger charge is 2.40. The van der Waals surface area contributed by atoms with Crippen LogP contribution < -0.4 is 0 Å². The number of nitrogens with zero attached hydrogens (tertiary/aromatic N) is 1. The number of ether oxygens (including phenoxy) is 1. The third kappa shape index (κ3) is 3.14. The number of halogens is 1. The summed E-state index contributed by atoms with van der Waals surface area (Å²) in [7, 11) is 1.42. The first-order valence-electron chi connectivity index (χ1n) is 8.80. The smallest absolute Gasteiger partial charge is 0.336 e. The van der Waals surface area contributed by atoms with Crippen LogP contribution in [0.2, 0.25) is 0 Å². The lowest BCUT2D eigenvalue weighted by molar-refractivity contribution is -0.136. The summed E-state index contributed by atoms with van der Waals surface area (Å²) in [6, 6.07) is 6.53. The number of carbonyl (C=O) groups excluding carboxylic acids is 1. The molecule has 1 aromatic carbocycles. The minimum atomic E-state index is -0.304. The Balaban J connectivity index is 2.14. The van der Waals surface area contributed by atoms with E-state index in [9.17, 15) is 9.18 Å². The normalized spacial score (nSPS) is 23.5. The lowest BCUT2D eigenvalue weighted by Gasteiger charge is -2.37. The molecule has 0 bridgehead atoms. The van der Waals surface area contributed by atoms with Crippen molar-refractivity contribution in [3.8, 4) is 0 Å². The van der Waals surface area contributed by atoms with Crippen molar-refractivity contribution < 1.29 is 13.9 Å². The molecule has 1 aliphatic carbocycles. The first kappa shape index (κ1) is 16.9. The molecule has 1 heterocycles. The second kappa shape index (κ2) is 7.29. The zero-order chi connectivity index (χ0) is 17.1. The molecule has 3 rings (SSSR count). The summed E-state index contributed by atoms with van der Waals surface area (Å²) in [6.45, 7) is 2.09. The molecule has 3 nitrogen and oxygen atoms in total. The standard InChI is InChI=1S/C20H24FNO2/c1-3-6-17-19(20(23)24-2)18(13-9-11-14(21)12-10-13)15-7-4-5-8-16(15)22-17/h9-12,15,18H,3-8H2,1-2H3. The maximum Gasteiger partial charge on any atom is 0.336 e. The number of carbonyl (C=O) groups is 1. The van der Waals surface area contributed by atoms with E-state index in [1.807, 2.05) is 0 Å². The third-order valence-corrected chi connectivity index (χ3v) is 5.05. The summed E-state index contributed by atoms with van der Waals surface area (Å²) in [4.78, 5) is 17.4. The van der Waals surface area contributed by atoms with E-state index in [4.69, 9.17) is 9.73 Å². The van der Waals surface area contributed by atoms with Crippen LogP contribution >= 0.6 is 0 Å². The van der Waals surface area contributed by atoms with Gasteiger partial charge in [0.2, 0.25) is 0 Å². The van der Waals surface area contributed by atoms with Crippen molar-refractivity contribution >= 4 is 11.7 Å². The Bertz CT molecular complexity index is 675. The molecule has 0 spiro atoms. The summed E-state index contributed by atoms with van der Waals surface area (Å²) in [6.07, 6.45) is 5.98. The Morgan fingerprint density at radius 1 is 1.29 bits per heavy atom. The zero-order valence-corrected chi connectivity index (χ0v) is 14.3. The first-order chi connectivity index (χ1) is 11.7. The van der Waals surface area contributed by atoms with Crippen LogP contribution in [-0.4, -0.2) is 18.8 Å². The van der Waals surface area contributed by atoms with Gasteiger partial charge in [-0.2, -0.15) is 0 Å². The van der Waals surface area contributed by atoms with E-state index in [1.54, 1.807) is 12.1 Å². The third-order valence-electron chi connectivity index (χ3n) is 5.05. The van der Waals surface area contributed by atoms with E-state index in [2.05, 4.69) is 6.92 Å². The molecule has 2 aliphatic rings. The lowest BCUT2D eigenvalue weighted by atomic mass is 9.70. The molecular formula is C20H24FNO2. The van der Waals surface area contributed by atoms with Crippen molar-refractivity contribution in [1.82, 2.24) is 0 Å². The number of benzene rings is 1. The van der Waals surface area contributed by atoms with Gasteiger partial charge >= 0.3 is 5.97 Å². The quantitative estimate of drug-likeness (QED) is 0.746. The van der Waals surface area contributed by atoms with Crippen LogP contribution in [0.15, 0.2) is 40.5 Å². The fourth-order valence-electron chi connectivity index (χ4n) is 3.99. The van der Waals surface area contributed by atoms with Crippen LogP contribution in [0, 0.1) is 11.7 Å². The van der Waals surface area contributed by atoms with E-state index in [-0.39, 0.29) is 23.6 Å². The van der Waals surface area contributed by atoms with E-state index >= 15 is 0 Å². The van der Waals surface area contributed by atoms with Crippen LogP contribution in [0.5, 0.6) is 0 Å². The van der Waals surface area contributed by atoms with Gasteiger partial charge in [-0.25, -0.2) is 9.18 Å². The molecule has 1 aliphatic heterocycles. The van der Waals surface area contributed by atoms with Crippen LogP contribution in [0.3, 0.4) is 0 Å². The van der Waals surface area contributed by atoms with Crippen LogP contribution in [-0.2, 0) is 9.53 Å². The number of esters is 1. The van der Waals surface area contributed by atoms with Gasteiger partial charge in [0, 0.05) is 17.5 Å². The molecular weight excluding hydrogens is 305 g/mol. The van der Waals surface area contributed by atoms with Gasteiger partial charge in [0.15, 0.2) is 0 Å². The molecule has 1 aromatic rings. The average Bonchev–Trinajstić information content (AvgIpc) is 2.61. The molecule has 0 aromatic heterocycles. The molecule has 0 N–H and O–H groups in total. The van der Waals surface area contributed by atoms with E-state index in [0.29, 0.717) is 5.57 Å². The lowest BCUT2D eigenvalue weighted by Crippen LogP contribution is -2.33. The fourth-order valence-corrected chi connectivity index (χ4v) is 3.99. The molecule has 0 radical (unpaired) electrons. The van der Waals surface area contributed by atoms with Crippen LogP contribution in [0.4, 0.5) is 4.39 Å². The predicted molar refractivity (Wildman–Crippen MR) is 92.5 cm³/mol. The molecule has 128 valence electrons. The predicted octanol–water partition coefficient (Wildman–Crippen LogP) is 4.78. The molecule has 1 fully saturated rings. The van der Waals surface area contributed by atoms with Crippen molar-refractivity contribution in [3.05, 3.63) is 46.9 Å². The first-order valence-corrected chi connectivity index (χ1v) is 8.80. The van der Waals surface area contributed by atoms with Crippen molar-refractivity contribution in [1.29, 1.82) is 0 Å². The topological polar surface area (TPSA) is 38.7 Å². The van der Waals surface area contributed by atoms with Gasteiger partial charge in [-0.05, 0) is 43.4 Å². The Morgan fingerprint density at radius 2 is 2.04 bits per heavy atom. The van der Waals surface area contributed by atoms with Gasteiger partial charge in [0.05, 0.1) is 18.4 Å². The highest BCUT2D eigenvalue weighted by atomic mass is 19.1. The van der Waals surface area contributed by atoms with Crippen LogP contribution in [0.1, 0.15) is 56.9 Å². The van der Waals surface area contributed by atoms with Gasteiger partial charge < -0.3 is 4.74 Å². The average molecular weight is 329 g/mol. The van der Waals surface area contributed by atoms with Crippen LogP contribution in [0.25, 0.3) is 0 Å². The maximum atomic E-state index is 13.4. The highest BCUT2D eigenvalue weighted by molar-refractivity contribution is 5.98. The Kier molecular flexibility index (Phi) is 5.12. The molecule has 4 heteroatoms. The van der Waals surface area contributed by atoms with Gasteiger partial charge in [-0.1, -0.05) is 31.9 Å². The highest BCUT2D eigenvalue weighted by Crippen LogP contribution is 2.45. The molecule has 0 amide bonds. The van der Waals surface area contributed by atoms with Gasteiger partial charge in [-0.3, -0.25) is 4.99 Å². The maximum absolute atomic E-state index is 13.4. The molecule has 1 saturated carbocycles. The number of fused-ring (bicyclic) bond motifs is 1. The SMILES string of the molecule is CCCC1=C(C(=O)OC)C(c2ccc(F)cc2)C2CCCCC2=N1. The second-order valence-corrected chi connectivity index (χ2v) is 6.59. The summed E-state index contributed by atoms with van der Waals surface area (Å²) in [5.41, 5.74) is 3.70. The van der Waals surface area contributed by atoms with Gasteiger partial charge in [0.25, 0.3) is 0 Å². The van der Waals surface area contributed by atoms with E-state index in [1.165, 1.54) is 25.0 Å². The number of allylic oxidation sites excluding steroid dienone is 1. The Labute approximate surface area is 142 Å². The molecule has 2 atom stereocenters. The summed E-state index contributed by atoms with van der Waals surface area (Å²) in [5.74, 6) is -0.420. The number of methoxy groups -OCH3 is 1. The molecule has 24 heavy (non-hydrogen) atoms. The number of rotatable bonds is 4. The van der Waals surface area contributed by atoms with Gasteiger partial charge in [-0.15, -0.1) is 0 Å². The summed E-state index contributed by atoms with van der Waals surface area (Å²) in [5, 5.41) is 0. The second-order valence-electron chi connectivity index (χ2n) is 6.59. The van der Waals surface area contributed by atoms with Gasteiger partial charge in [0.1, 0.15) is 5.82 Å². The zero-order valence-electron chi connectivity index (χ0n) is 14.3. The Morgan fingerprint density at radius 3 is 2.71 bits per heavy atom. The van der Waals surface area contributed by atoms with Crippen molar-refractivity contribution in [3.63, 3.8) is 0 Å². The Hall–Kier alpha value is -1.97. The minimum Gasteiger partial charge on any atom is -0.466 e. The van der Waals surface area contributed by atoms with E-state index < -0.39 is 0 Å². The monoisotopic (exact) mass is 329 g/mol. The molecule has 0 saturated heterocycles.